The number of hydrogen-bond donors (Lipinski definition) is 0. The molecule has 3 aromatic rings. The predicted octanol–water partition coefficient (Wildman–Crippen LogP) is 3.05. The zero-order valence-electron chi connectivity index (χ0n) is 17.1. The van der Waals surface area contributed by atoms with Gasteiger partial charge in [-0.15, -0.1) is 0 Å². The molecule has 0 radical (unpaired) electrons. The lowest BCUT2D eigenvalue weighted by molar-refractivity contribution is 0.0739. The van der Waals surface area contributed by atoms with Crippen LogP contribution in [0, 0.1) is 0 Å². The van der Waals surface area contributed by atoms with Crippen molar-refractivity contribution in [3.05, 3.63) is 30.1 Å². The van der Waals surface area contributed by atoms with E-state index in [2.05, 4.69) is 10.00 Å². The van der Waals surface area contributed by atoms with Gasteiger partial charge in [-0.25, -0.2) is 4.98 Å². The maximum absolute atomic E-state index is 12.8. The maximum atomic E-state index is 12.8. The van der Waals surface area contributed by atoms with E-state index in [9.17, 15) is 4.79 Å². The average Bonchev–Trinajstić information content (AvgIpc) is 3.40. The highest BCUT2D eigenvalue weighted by Crippen LogP contribution is 2.40. The Bertz CT molecular complexity index is 979. The molecule has 1 saturated heterocycles. The molecular formula is C20H25N5O3S. The number of fused-ring (bicyclic) bond motifs is 1. The van der Waals surface area contributed by atoms with E-state index in [4.69, 9.17) is 14.5 Å². The number of methoxy groups -OCH3 is 2. The number of anilines is 1. The second-order valence-electron chi connectivity index (χ2n) is 7.20. The largest absolute Gasteiger partial charge is 0.495 e. The average molecular weight is 416 g/mol. The summed E-state index contributed by atoms with van der Waals surface area (Å²) in [6.45, 7) is 6.81. The Morgan fingerprint density at radius 3 is 2.38 bits per heavy atom. The second kappa shape index (κ2) is 7.90. The van der Waals surface area contributed by atoms with Crippen molar-refractivity contribution in [2.45, 2.75) is 19.9 Å². The number of rotatable bonds is 5. The molecule has 0 N–H and O–H groups in total. The number of piperazine rings is 1. The lowest BCUT2D eigenvalue weighted by Crippen LogP contribution is -2.48. The van der Waals surface area contributed by atoms with Crippen LogP contribution < -0.4 is 14.4 Å². The van der Waals surface area contributed by atoms with Gasteiger partial charge in [-0.2, -0.15) is 5.10 Å². The fourth-order valence-electron chi connectivity index (χ4n) is 3.41. The molecule has 8 nitrogen and oxygen atoms in total. The first-order chi connectivity index (χ1) is 14.0. The minimum Gasteiger partial charge on any atom is -0.495 e. The van der Waals surface area contributed by atoms with Crippen LogP contribution in [-0.4, -0.2) is 66.0 Å². The summed E-state index contributed by atoms with van der Waals surface area (Å²) in [6.07, 6.45) is 1.86. The lowest BCUT2D eigenvalue weighted by Gasteiger charge is -2.34. The van der Waals surface area contributed by atoms with E-state index in [0.29, 0.717) is 18.8 Å². The standard InChI is InChI=1S/C20H25N5O3S/c1-13(2)25-8-7-14(22-25)19(26)23-9-11-24(12-10-23)20-21-17-15(27-3)5-6-16(28-4)18(17)29-20/h5-8,13H,9-12H2,1-4H3. The van der Waals surface area contributed by atoms with Crippen LogP contribution in [0.2, 0.25) is 0 Å². The molecule has 0 spiro atoms. The second-order valence-corrected chi connectivity index (χ2v) is 8.18. The van der Waals surface area contributed by atoms with Gasteiger partial charge in [-0.1, -0.05) is 11.3 Å². The zero-order valence-corrected chi connectivity index (χ0v) is 17.9. The number of ether oxygens (including phenoxy) is 2. The van der Waals surface area contributed by atoms with Crippen LogP contribution in [0.25, 0.3) is 10.2 Å². The molecule has 4 rings (SSSR count). The molecule has 2 aromatic heterocycles. The highest BCUT2D eigenvalue weighted by atomic mass is 32.1. The SMILES string of the molecule is COc1ccc(OC)c2sc(N3CCN(C(=O)c4ccn(C(C)C)n4)CC3)nc12. The maximum Gasteiger partial charge on any atom is 0.274 e. The van der Waals surface area contributed by atoms with Crippen molar-refractivity contribution in [1.82, 2.24) is 19.7 Å². The van der Waals surface area contributed by atoms with Gasteiger partial charge in [-0.3, -0.25) is 9.48 Å². The van der Waals surface area contributed by atoms with Gasteiger partial charge in [0.2, 0.25) is 0 Å². The summed E-state index contributed by atoms with van der Waals surface area (Å²) in [4.78, 5) is 21.6. The third-order valence-corrected chi connectivity index (χ3v) is 6.22. The first kappa shape index (κ1) is 19.5. The van der Waals surface area contributed by atoms with Gasteiger partial charge >= 0.3 is 0 Å². The Labute approximate surface area is 173 Å². The van der Waals surface area contributed by atoms with E-state index in [1.54, 1.807) is 31.6 Å². The summed E-state index contributed by atoms with van der Waals surface area (Å²) in [5.41, 5.74) is 1.31. The number of hydrogen-bond acceptors (Lipinski definition) is 7. The van der Waals surface area contributed by atoms with Crippen LogP contribution in [-0.2, 0) is 0 Å². The molecule has 0 aliphatic carbocycles. The molecule has 1 amide bonds. The van der Waals surface area contributed by atoms with Crippen LogP contribution in [0.5, 0.6) is 11.5 Å². The quantitative estimate of drug-likeness (QED) is 0.638. The molecule has 1 aliphatic heterocycles. The van der Waals surface area contributed by atoms with Crippen molar-refractivity contribution in [3.8, 4) is 11.5 Å². The molecule has 29 heavy (non-hydrogen) atoms. The summed E-state index contributed by atoms with van der Waals surface area (Å²) < 4.78 is 13.7. The van der Waals surface area contributed by atoms with Gasteiger partial charge in [0.1, 0.15) is 27.4 Å². The third kappa shape index (κ3) is 3.62. The summed E-state index contributed by atoms with van der Waals surface area (Å²) in [5, 5.41) is 5.32. The number of aromatic nitrogens is 3. The van der Waals surface area contributed by atoms with E-state index in [-0.39, 0.29) is 11.9 Å². The molecule has 0 unspecified atom stereocenters. The summed E-state index contributed by atoms with van der Waals surface area (Å²) in [6, 6.07) is 5.80. The van der Waals surface area contributed by atoms with Gasteiger partial charge in [0.15, 0.2) is 5.13 Å². The molecule has 0 atom stereocenters. The highest BCUT2D eigenvalue weighted by Gasteiger charge is 2.26. The first-order valence-corrected chi connectivity index (χ1v) is 10.4. The van der Waals surface area contributed by atoms with Crippen LogP contribution in [0.1, 0.15) is 30.4 Å². The topological polar surface area (TPSA) is 72.7 Å². The predicted molar refractivity (Wildman–Crippen MR) is 113 cm³/mol. The number of carbonyl (C=O) groups excluding carboxylic acids is 1. The lowest BCUT2D eigenvalue weighted by atomic mass is 10.3. The normalized spacial score (nSPS) is 14.7. The van der Waals surface area contributed by atoms with Crippen molar-refractivity contribution in [2.75, 3.05) is 45.3 Å². The molecule has 3 heterocycles. The van der Waals surface area contributed by atoms with E-state index in [0.717, 1.165) is 39.9 Å². The van der Waals surface area contributed by atoms with Crippen LogP contribution in [0.15, 0.2) is 24.4 Å². The molecular weight excluding hydrogens is 390 g/mol. The van der Waals surface area contributed by atoms with Gasteiger partial charge < -0.3 is 19.3 Å². The fraction of sp³-hybridized carbons (Fsp3) is 0.450. The smallest absolute Gasteiger partial charge is 0.274 e. The van der Waals surface area contributed by atoms with E-state index >= 15 is 0 Å². The monoisotopic (exact) mass is 415 g/mol. The van der Waals surface area contributed by atoms with Gasteiger partial charge in [-0.05, 0) is 32.0 Å². The van der Waals surface area contributed by atoms with E-state index < -0.39 is 0 Å². The molecule has 0 saturated carbocycles. The third-order valence-electron chi connectivity index (χ3n) is 5.09. The van der Waals surface area contributed by atoms with Crippen molar-refractivity contribution in [3.63, 3.8) is 0 Å². The Morgan fingerprint density at radius 1 is 1.07 bits per heavy atom. The number of thiazole rings is 1. The van der Waals surface area contributed by atoms with Crippen LogP contribution in [0.3, 0.4) is 0 Å². The zero-order chi connectivity index (χ0) is 20.5. The minimum atomic E-state index is -0.0170. The summed E-state index contributed by atoms with van der Waals surface area (Å²) >= 11 is 1.59. The van der Waals surface area contributed by atoms with Crippen molar-refractivity contribution in [2.24, 2.45) is 0 Å². The number of benzene rings is 1. The van der Waals surface area contributed by atoms with E-state index in [1.807, 2.05) is 41.8 Å². The molecule has 154 valence electrons. The first-order valence-electron chi connectivity index (χ1n) is 9.62. The fourth-order valence-corrected chi connectivity index (χ4v) is 4.54. The minimum absolute atomic E-state index is 0.0170. The van der Waals surface area contributed by atoms with Gasteiger partial charge in [0.05, 0.1) is 14.2 Å². The number of nitrogens with zero attached hydrogens (tertiary/aromatic N) is 5. The van der Waals surface area contributed by atoms with Crippen LogP contribution >= 0.6 is 11.3 Å². The number of carbonyl (C=O) groups is 1. The Hall–Kier alpha value is -2.81. The van der Waals surface area contributed by atoms with Gasteiger partial charge in [0.25, 0.3) is 5.91 Å². The Balaban J connectivity index is 1.48. The molecule has 1 aliphatic rings. The molecule has 9 heteroatoms. The number of amides is 1. The van der Waals surface area contributed by atoms with Crippen molar-refractivity contribution < 1.29 is 14.3 Å². The van der Waals surface area contributed by atoms with Crippen molar-refractivity contribution >= 4 is 32.6 Å². The molecule has 0 bridgehead atoms. The van der Waals surface area contributed by atoms with E-state index in [1.165, 1.54) is 0 Å². The van der Waals surface area contributed by atoms with Crippen LogP contribution in [0.4, 0.5) is 5.13 Å². The molecule has 1 aromatic carbocycles. The highest BCUT2D eigenvalue weighted by molar-refractivity contribution is 7.22. The molecule has 1 fully saturated rings. The summed E-state index contributed by atoms with van der Waals surface area (Å²) in [5.74, 6) is 1.51. The van der Waals surface area contributed by atoms with Gasteiger partial charge in [0, 0.05) is 38.4 Å². The summed E-state index contributed by atoms with van der Waals surface area (Å²) in [7, 11) is 3.30. The Morgan fingerprint density at radius 2 is 1.76 bits per heavy atom. The van der Waals surface area contributed by atoms with Crippen molar-refractivity contribution in [1.29, 1.82) is 0 Å². The Kier molecular flexibility index (Phi) is 5.31.